The molecular formula is C20H19ClN4OS2. The first-order valence-corrected chi connectivity index (χ1v) is 11.2. The predicted octanol–water partition coefficient (Wildman–Crippen LogP) is 4.52. The van der Waals surface area contributed by atoms with Gasteiger partial charge in [-0.2, -0.15) is 0 Å². The lowest BCUT2D eigenvalue weighted by molar-refractivity contribution is -0.129. The van der Waals surface area contributed by atoms with Crippen LogP contribution in [-0.4, -0.2) is 37.9 Å². The van der Waals surface area contributed by atoms with Gasteiger partial charge in [-0.3, -0.25) is 9.36 Å². The Morgan fingerprint density at radius 3 is 2.89 bits per heavy atom. The highest BCUT2D eigenvalue weighted by Gasteiger charge is 2.22. The summed E-state index contributed by atoms with van der Waals surface area (Å²) >= 11 is 9.18. The van der Waals surface area contributed by atoms with Crippen molar-refractivity contribution in [1.29, 1.82) is 0 Å². The Balaban J connectivity index is 1.46. The van der Waals surface area contributed by atoms with Gasteiger partial charge in [-0.05, 0) is 47.7 Å². The third kappa shape index (κ3) is 4.01. The number of carbonyl (C=O) groups excluding carboxylic acids is 1. The summed E-state index contributed by atoms with van der Waals surface area (Å²) in [4.78, 5) is 16.0. The van der Waals surface area contributed by atoms with Gasteiger partial charge in [0.1, 0.15) is 0 Å². The van der Waals surface area contributed by atoms with E-state index >= 15 is 0 Å². The lowest BCUT2D eigenvalue weighted by atomic mass is 10.1. The minimum Gasteiger partial charge on any atom is -0.337 e. The van der Waals surface area contributed by atoms with Crippen LogP contribution < -0.4 is 0 Å². The molecule has 0 aliphatic carbocycles. The largest absolute Gasteiger partial charge is 0.337 e. The highest BCUT2D eigenvalue weighted by molar-refractivity contribution is 7.99. The molecule has 8 heteroatoms. The Labute approximate surface area is 177 Å². The second kappa shape index (κ2) is 8.51. The van der Waals surface area contributed by atoms with E-state index < -0.39 is 0 Å². The number of thiophene rings is 1. The normalized spacial score (nSPS) is 13.4. The summed E-state index contributed by atoms with van der Waals surface area (Å²) in [6.07, 6.45) is 2.74. The van der Waals surface area contributed by atoms with Crippen molar-refractivity contribution in [3.8, 4) is 11.4 Å². The molecule has 28 heavy (non-hydrogen) atoms. The third-order valence-corrected chi connectivity index (χ3v) is 6.84. The molecular weight excluding hydrogens is 412 g/mol. The van der Waals surface area contributed by atoms with Gasteiger partial charge in [-0.25, -0.2) is 0 Å². The van der Waals surface area contributed by atoms with E-state index in [-0.39, 0.29) is 5.91 Å². The zero-order chi connectivity index (χ0) is 19.5. The van der Waals surface area contributed by atoms with Gasteiger partial charge in [0.25, 0.3) is 0 Å². The van der Waals surface area contributed by atoms with Crippen LogP contribution in [-0.2, 0) is 24.3 Å². The van der Waals surface area contributed by atoms with E-state index in [2.05, 4.69) is 28.2 Å². The SMILES string of the molecule is C=CCn1c(SCC(=O)N2CCc3sccc3C2)nnc1-c1ccc(Cl)cc1. The number of aromatic nitrogens is 3. The first kappa shape index (κ1) is 19.2. The molecule has 0 N–H and O–H groups in total. The summed E-state index contributed by atoms with van der Waals surface area (Å²) in [5.74, 6) is 1.21. The molecule has 0 atom stereocenters. The fourth-order valence-corrected chi connectivity index (χ4v) is 5.05. The van der Waals surface area contributed by atoms with Gasteiger partial charge in [0.05, 0.1) is 5.75 Å². The van der Waals surface area contributed by atoms with E-state index in [1.165, 1.54) is 22.2 Å². The molecule has 0 saturated carbocycles. The Hall–Kier alpha value is -2.09. The molecule has 0 saturated heterocycles. The van der Waals surface area contributed by atoms with Gasteiger partial charge < -0.3 is 4.90 Å². The van der Waals surface area contributed by atoms with Gasteiger partial charge in [0.15, 0.2) is 11.0 Å². The molecule has 1 aliphatic heterocycles. The summed E-state index contributed by atoms with van der Waals surface area (Å²) < 4.78 is 1.97. The Kier molecular flexibility index (Phi) is 5.85. The number of fused-ring (bicyclic) bond motifs is 1. The molecule has 1 aromatic carbocycles. The molecule has 0 unspecified atom stereocenters. The van der Waals surface area contributed by atoms with E-state index in [1.807, 2.05) is 33.7 Å². The lowest BCUT2D eigenvalue weighted by Crippen LogP contribution is -2.36. The van der Waals surface area contributed by atoms with Crippen LogP contribution in [0, 0.1) is 0 Å². The highest BCUT2D eigenvalue weighted by Crippen LogP contribution is 2.27. The lowest BCUT2D eigenvalue weighted by Gasteiger charge is -2.26. The summed E-state index contributed by atoms with van der Waals surface area (Å²) in [5.41, 5.74) is 2.20. The number of nitrogens with zero attached hydrogens (tertiary/aromatic N) is 4. The first-order valence-electron chi connectivity index (χ1n) is 8.91. The number of rotatable bonds is 6. The van der Waals surface area contributed by atoms with Crippen LogP contribution in [0.1, 0.15) is 10.4 Å². The number of carbonyl (C=O) groups is 1. The maximum atomic E-state index is 12.7. The zero-order valence-electron chi connectivity index (χ0n) is 15.2. The molecule has 0 spiro atoms. The van der Waals surface area contributed by atoms with Crippen molar-refractivity contribution in [3.05, 3.63) is 63.8 Å². The molecule has 5 nitrogen and oxygen atoms in total. The standard InChI is InChI=1S/C20H19ClN4OS2/c1-2-9-25-19(14-3-5-16(21)6-4-14)22-23-20(25)28-13-18(26)24-10-7-17-15(12-24)8-11-27-17/h2-6,8,11H,1,7,9-10,12-13H2. The van der Waals surface area contributed by atoms with Crippen molar-refractivity contribution in [2.24, 2.45) is 0 Å². The predicted molar refractivity (Wildman–Crippen MR) is 115 cm³/mol. The van der Waals surface area contributed by atoms with Gasteiger partial charge >= 0.3 is 0 Å². The molecule has 0 bridgehead atoms. The molecule has 144 valence electrons. The fourth-order valence-electron chi connectivity index (χ4n) is 3.18. The average molecular weight is 431 g/mol. The van der Waals surface area contributed by atoms with Gasteiger partial charge in [-0.1, -0.05) is 29.4 Å². The maximum absolute atomic E-state index is 12.7. The monoisotopic (exact) mass is 430 g/mol. The van der Waals surface area contributed by atoms with Gasteiger partial charge in [-0.15, -0.1) is 28.1 Å². The van der Waals surface area contributed by atoms with Crippen molar-refractivity contribution in [1.82, 2.24) is 19.7 Å². The summed E-state index contributed by atoms with van der Waals surface area (Å²) in [6.45, 7) is 5.88. The van der Waals surface area contributed by atoms with E-state index in [0.29, 0.717) is 29.0 Å². The molecule has 4 rings (SSSR count). The number of thioether (sulfide) groups is 1. The fraction of sp³-hybridized carbons (Fsp3) is 0.250. The Morgan fingerprint density at radius 1 is 1.29 bits per heavy atom. The topological polar surface area (TPSA) is 51.0 Å². The van der Waals surface area contributed by atoms with E-state index in [0.717, 1.165) is 24.4 Å². The van der Waals surface area contributed by atoms with Crippen molar-refractivity contribution in [2.45, 2.75) is 24.7 Å². The molecule has 0 radical (unpaired) electrons. The summed E-state index contributed by atoms with van der Waals surface area (Å²) in [5, 5.41) is 12.1. The molecule has 1 aliphatic rings. The number of hydrogen-bond donors (Lipinski definition) is 0. The van der Waals surface area contributed by atoms with Gasteiger partial charge in [0.2, 0.25) is 5.91 Å². The number of hydrogen-bond acceptors (Lipinski definition) is 5. The van der Waals surface area contributed by atoms with Crippen LogP contribution in [0.4, 0.5) is 0 Å². The quantitative estimate of drug-likeness (QED) is 0.426. The van der Waals surface area contributed by atoms with E-state index in [1.54, 1.807) is 17.4 Å². The van der Waals surface area contributed by atoms with Crippen LogP contribution in [0.5, 0.6) is 0 Å². The summed E-state index contributed by atoms with van der Waals surface area (Å²) in [7, 11) is 0. The minimum absolute atomic E-state index is 0.128. The molecule has 2 aromatic heterocycles. The van der Waals surface area contributed by atoms with Crippen LogP contribution in [0.2, 0.25) is 5.02 Å². The Morgan fingerprint density at radius 2 is 2.11 bits per heavy atom. The van der Waals surface area contributed by atoms with Crippen molar-refractivity contribution >= 4 is 40.6 Å². The maximum Gasteiger partial charge on any atom is 0.233 e. The third-order valence-electron chi connectivity index (χ3n) is 4.62. The number of allylic oxidation sites excluding steroid dienone is 1. The molecule has 1 amide bonds. The Bertz CT molecular complexity index is 996. The van der Waals surface area contributed by atoms with Crippen LogP contribution in [0.25, 0.3) is 11.4 Å². The van der Waals surface area contributed by atoms with Crippen molar-refractivity contribution in [2.75, 3.05) is 12.3 Å². The van der Waals surface area contributed by atoms with Crippen molar-refractivity contribution < 1.29 is 4.79 Å². The number of amides is 1. The molecule has 3 heterocycles. The highest BCUT2D eigenvalue weighted by atomic mass is 35.5. The molecule has 3 aromatic rings. The number of benzene rings is 1. The van der Waals surface area contributed by atoms with Crippen LogP contribution in [0.15, 0.2) is 53.5 Å². The average Bonchev–Trinajstić information content (AvgIpc) is 3.33. The van der Waals surface area contributed by atoms with E-state index in [4.69, 9.17) is 11.6 Å². The van der Waals surface area contributed by atoms with Crippen LogP contribution in [0.3, 0.4) is 0 Å². The summed E-state index contributed by atoms with van der Waals surface area (Å²) in [6, 6.07) is 9.60. The van der Waals surface area contributed by atoms with Crippen molar-refractivity contribution in [3.63, 3.8) is 0 Å². The smallest absolute Gasteiger partial charge is 0.233 e. The second-order valence-corrected chi connectivity index (χ2v) is 8.81. The zero-order valence-corrected chi connectivity index (χ0v) is 17.6. The number of halogens is 1. The van der Waals surface area contributed by atoms with Crippen LogP contribution >= 0.6 is 34.7 Å². The second-order valence-electron chi connectivity index (χ2n) is 6.44. The van der Waals surface area contributed by atoms with E-state index in [9.17, 15) is 4.79 Å². The minimum atomic E-state index is 0.128. The molecule has 0 fully saturated rings. The first-order chi connectivity index (χ1) is 13.7. The van der Waals surface area contributed by atoms with Gasteiger partial charge in [0, 0.05) is 35.1 Å².